The molecule has 6 heteroatoms. The lowest BCUT2D eigenvalue weighted by molar-refractivity contribution is -0.384. The van der Waals surface area contributed by atoms with E-state index in [-0.39, 0.29) is 11.3 Å². The van der Waals surface area contributed by atoms with Gasteiger partial charge in [-0.15, -0.1) is 0 Å². The second-order valence-corrected chi connectivity index (χ2v) is 5.28. The summed E-state index contributed by atoms with van der Waals surface area (Å²) in [5.41, 5.74) is 2.89. The first-order valence-electron chi connectivity index (χ1n) is 7.15. The minimum Gasteiger partial charge on any atom is -0.321 e. The van der Waals surface area contributed by atoms with Gasteiger partial charge in [0.2, 0.25) is 0 Å². The van der Waals surface area contributed by atoms with Crippen molar-refractivity contribution >= 4 is 23.4 Å². The van der Waals surface area contributed by atoms with E-state index in [1.165, 1.54) is 24.3 Å². The van der Waals surface area contributed by atoms with Crippen LogP contribution in [0, 0.1) is 35.3 Å². The van der Waals surface area contributed by atoms with Crippen LogP contribution in [0.15, 0.2) is 48.0 Å². The Morgan fingerprint density at radius 3 is 2.58 bits per heavy atom. The zero-order chi connectivity index (χ0) is 17.7. The van der Waals surface area contributed by atoms with Crippen molar-refractivity contribution in [2.45, 2.75) is 13.8 Å². The van der Waals surface area contributed by atoms with Gasteiger partial charge in [-0.25, -0.2) is 0 Å². The van der Waals surface area contributed by atoms with Crippen molar-refractivity contribution in [3.63, 3.8) is 0 Å². The molecule has 2 rings (SSSR count). The van der Waals surface area contributed by atoms with Gasteiger partial charge in [0.1, 0.15) is 11.6 Å². The summed E-state index contributed by atoms with van der Waals surface area (Å²) in [6.07, 6.45) is 1.32. The normalized spacial score (nSPS) is 10.8. The fraction of sp³-hybridized carbons (Fsp3) is 0.111. The fourth-order valence-electron chi connectivity index (χ4n) is 2.06. The molecule has 1 N–H and O–H groups in total. The van der Waals surface area contributed by atoms with Gasteiger partial charge in [-0.05, 0) is 48.7 Å². The molecule has 0 aliphatic rings. The predicted octanol–water partition coefficient (Wildman–Crippen LogP) is 3.76. The molecule has 120 valence electrons. The monoisotopic (exact) mass is 321 g/mol. The number of carbonyl (C=O) groups excluding carboxylic acids is 1. The number of nitrogens with zero attached hydrogens (tertiary/aromatic N) is 2. The number of nitriles is 1. The Morgan fingerprint density at radius 2 is 1.96 bits per heavy atom. The lowest BCUT2D eigenvalue weighted by Crippen LogP contribution is -2.13. The van der Waals surface area contributed by atoms with Crippen molar-refractivity contribution in [3.8, 4) is 6.07 Å². The zero-order valence-electron chi connectivity index (χ0n) is 13.2. The SMILES string of the molecule is Cc1ccc(NC(=O)/C(C#N)=C\c2cccc([N+](=O)[O-])c2)cc1C. The maximum atomic E-state index is 12.2. The van der Waals surface area contributed by atoms with E-state index in [0.29, 0.717) is 11.3 Å². The molecule has 24 heavy (non-hydrogen) atoms. The molecule has 2 aromatic rings. The maximum Gasteiger partial charge on any atom is 0.270 e. The first-order valence-corrected chi connectivity index (χ1v) is 7.15. The van der Waals surface area contributed by atoms with Crippen LogP contribution >= 0.6 is 0 Å². The molecule has 0 fully saturated rings. The molecule has 2 aromatic carbocycles. The topological polar surface area (TPSA) is 96.0 Å². The predicted molar refractivity (Wildman–Crippen MR) is 91.2 cm³/mol. The van der Waals surface area contributed by atoms with Crippen LogP contribution in [-0.4, -0.2) is 10.8 Å². The molecule has 0 unspecified atom stereocenters. The van der Waals surface area contributed by atoms with Crippen molar-refractivity contribution < 1.29 is 9.72 Å². The van der Waals surface area contributed by atoms with Gasteiger partial charge in [-0.1, -0.05) is 18.2 Å². The van der Waals surface area contributed by atoms with Crippen LogP contribution < -0.4 is 5.32 Å². The Hall–Kier alpha value is -3.46. The first kappa shape index (κ1) is 16.9. The molecule has 1 amide bonds. The number of amides is 1. The van der Waals surface area contributed by atoms with E-state index in [1.54, 1.807) is 12.1 Å². The summed E-state index contributed by atoms with van der Waals surface area (Å²) < 4.78 is 0. The van der Waals surface area contributed by atoms with Gasteiger partial charge >= 0.3 is 0 Å². The van der Waals surface area contributed by atoms with Crippen molar-refractivity contribution in [1.82, 2.24) is 0 Å². The summed E-state index contributed by atoms with van der Waals surface area (Å²) in [5.74, 6) is -0.563. The molecule has 0 atom stereocenters. The van der Waals surface area contributed by atoms with E-state index in [0.717, 1.165) is 11.1 Å². The van der Waals surface area contributed by atoms with E-state index < -0.39 is 10.8 Å². The standard InChI is InChI=1S/C18H15N3O3/c1-12-6-7-16(8-13(12)2)20-18(22)15(11-19)9-14-4-3-5-17(10-14)21(23)24/h3-10H,1-2H3,(H,20,22)/b15-9-. The molecule has 0 saturated carbocycles. The summed E-state index contributed by atoms with van der Waals surface area (Å²) in [4.78, 5) is 22.5. The van der Waals surface area contributed by atoms with Crippen molar-refractivity contribution in [1.29, 1.82) is 5.26 Å². The summed E-state index contributed by atoms with van der Waals surface area (Å²) in [6.45, 7) is 3.89. The molecular formula is C18H15N3O3. The number of non-ortho nitro benzene ring substituents is 1. The Labute approximate surface area is 139 Å². The maximum absolute atomic E-state index is 12.2. The average molecular weight is 321 g/mol. The molecule has 0 aliphatic carbocycles. The number of carbonyl (C=O) groups is 1. The van der Waals surface area contributed by atoms with E-state index in [4.69, 9.17) is 0 Å². The number of anilines is 1. The minimum absolute atomic E-state index is 0.101. The van der Waals surface area contributed by atoms with E-state index in [2.05, 4.69) is 5.32 Å². The van der Waals surface area contributed by atoms with E-state index >= 15 is 0 Å². The fourth-order valence-corrected chi connectivity index (χ4v) is 2.06. The largest absolute Gasteiger partial charge is 0.321 e. The van der Waals surface area contributed by atoms with Crippen LogP contribution in [0.5, 0.6) is 0 Å². The molecule has 0 aliphatic heterocycles. The second kappa shape index (κ2) is 7.20. The third kappa shape index (κ3) is 4.05. The summed E-state index contributed by atoms with van der Waals surface area (Å²) in [7, 11) is 0. The first-order chi connectivity index (χ1) is 11.4. The number of nitro benzene ring substituents is 1. The highest BCUT2D eigenvalue weighted by atomic mass is 16.6. The van der Waals surface area contributed by atoms with Gasteiger partial charge in [0.15, 0.2) is 0 Å². The Kier molecular flexibility index (Phi) is 5.07. The van der Waals surface area contributed by atoms with Crippen LogP contribution in [-0.2, 0) is 4.79 Å². The van der Waals surface area contributed by atoms with E-state index in [1.807, 2.05) is 32.0 Å². The highest BCUT2D eigenvalue weighted by Gasteiger charge is 2.11. The molecule has 0 saturated heterocycles. The highest BCUT2D eigenvalue weighted by molar-refractivity contribution is 6.09. The molecule has 0 heterocycles. The van der Waals surface area contributed by atoms with Gasteiger partial charge < -0.3 is 5.32 Å². The lowest BCUT2D eigenvalue weighted by atomic mass is 10.1. The molecule has 0 radical (unpaired) electrons. The number of hydrogen-bond donors (Lipinski definition) is 1. The van der Waals surface area contributed by atoms with Crippen LogP contribution in [0.3, 0.4) is 0 Å². The third-order valence-electron chi connectivity index (χ3n) is 3.52. The Balaban J connectivity index is 2.25. The Bertz CT molecular complexity index is 879. The molecular weight excluding hydrogens is 306 g/mol. The molecule has 0 bridgehead atoms. The van der Waals surface area contributed by atoms with Crippen molar-refractivity contribution in [2.75, 3.05) is 5.32 Å². The van der Waals surface area contributed by atoms with Gasteiger partial charge in [-0.2, -0.15) is 5.26 Å². The second-order valence-electron chi connectivity index (χ2n) is 5.28. The van der Waals surface area contributed by atoms with Crippen LogP contribution in [0.4, 0.5) is 11.4 Å². The van der Waals surface area contributed by atoms with Crippen molar-refractivity contribution in [3.05, 3.63) is 74.8 Å². The van der Waals surface area contributed by atoms with E-state index in [9.17, 15) is 20.2 Å². The Morgan fingerprint density at radius 1 is 1.21 bits per heavy atom. The van der Waals surface area contributed by atoms with Gasteiger partial charge in [-0.3, -0.25) is 14.9 Å². The smallest absolute Gasteiger partial charge is 0.270 e. The number of aryl methyl sites for hydroxylation is 2. The third-order valence-corrected chi connectivity index (χ3v) is 3.52. The quantitative estimate of drug-likeness (QED) is 0.401. The highest BCUT2D eigenvalue weighted by Crippen LogP contribution is 2.18. The summed E-state index contributed by atoms with van der Waals surface area (Å²) in [6, 6.07) is 13.0. The van der Waals surface area contributed by atoms with Crippen molar-refractivity contribution in [2.24, 2.45) is 0 Å². The average Bonchev–Trinajstić information content (AvgIpc) is 2.56. The minimum atomic E-state index is -0.563. The van der Waals surface area contributed by atoms with Crippen LogP contribution in [0.1, 0.15) is 16.7 Å². The number of hydrogen-bond acceptors (Lipinski definition) is 4. The van der Waals surface area contributed by atoms with Crippen LogP contribution in [0.25, 0.3) is 6.08 Å². The number of nitro groups is 1. The number of rotatable bonds is 4. The number of nitrogens with one attached hydrogen (secondary N) is 1. The lowest BCUT2D eigenvalue weighted by Gasteiger charge is -2.07. The number of benzene rings is 2. The van der Waals surface area contributed by atoms with Gasteiger partial charge in [0.25, 0.3) is 11.6 Å². The molecule has 0 aromatic heterocycles. The molecule has 6 nitrogen and oxygen atoms in total. The summed E-state index contributed by atoms with van der Waals surface area (Å²) in [5, 5.41) is 22.6. The summed E-state index contributed by atoms with van der Waals surface area (Å²) >= 11 is 0. The molecule has 0 spiro atoms. The van der Waals surface area contributed by atoms with Gasteiger partial charge in [0, 0.05) is 17.8 Å². The van der Waals surface area contributed by atoms with Gasteiger partial charge in [0.05, 0.1) is 4.92 Å². The van der Waals surface area contributed by atoms with Crippen LogP contribution in [0.2, 0.25) is 0 Å². The zero-order valence-corrected chi connectivity index (χ0v) is 13.2.